The molecule has 0 heterocycles. The highest BCUT2D eigenvalue weighted by molar-refractivity contribution is 5.97. The fourth-order valence-electron chi connectivity index (χ4n) is 1.42. The Kier molecular flexibility index (Phi) is 5.83. The molecule has 0 bridgehead atoms. The molecule has 4 nitrogen and oxygen atoms in total. The van der Waals surface area contributed by atoms with Crippen LogP contribution < -0.4 is 5.32 Å². The lowest BCUT2D eigenvalue weighted by atomic mass is 10.1. The topological polar surface area (TPSA) is 69.6 Å². The van der Waals surface area contributed by atoms with Crippen molar-refractivity contribution >= 4 is 5.78 Å². The first-order valence-electron chi connectivity index (χ1n) is 5.76. The van der Waals surface area contributed by atoms with E-state index in [4.69, 9.17) is 5.11 Å². The van der Waals surface area contributed by atoms with Crippen molar-refractivity contribution in [2.24, 2.45) is 0 Å². The van der Waals surface area contributed by atoms with Gasteiger partial charge in [0.2, 0.25) is 0 Å². The molecule has 0 radical (unpaired) electrons. The van der Waals surface area contributed by atoms with Crippen LogP contribution in [0.4, 0.5) is 0 Å². The van der Waals surface area contributed by atoms with Crippen LogP contribution in [-0.4, -0.2) is 41.3 Å². The van der Waals surface area contributed by atoms with Crippen molar-refractivity contribution in [1.29, 1.82) is 0 Å². The Balaban J connectivity index is 2.22. The van der Waals surface area contributed by atoms with Crippen LogP contribution >= 0.6 is 0 Å². The number of aliphatic hydroxyl groups excluding tert-OH is 2. The second-order valence-corrected chi connectivity index (χ2v) is 4.06. The lowest BCUT2D eigenvalue weighted by molar-refractivity contribution is 0.0266. The molecule has 94 valence electrons. The predicted octanol–water partition coefficient (Wildman–Crippen LogP) is 0.591. The third kappa shape index (κ3) is 5.08. The van der Waals surface area contributed by atoms with E-state index < -0.39 is 12.2 Å². The molecule has 0 fully saturated rings. The number of carbonyl (C=O) groups is 1. The summed E-state index contributed by atoms with van der Waals surface area (Å²) in [6, 6.07) is 9.06. The molecular formula is C13H19NO3. The van der Waals surface area contributed by atoms with Crippen molar-refractivity contribution in [3.05, 3.63) is 35.9 Å². The molecule has 0 aliphatic rings. The molecule has 1 aromatic rings. The van der Waals surface area contributed by atoms with Gasteiger partial charge in [-0.15, -0.1) is 0 Å². The van der Waals surface area contributed by atoms with Gasteiger partial charge in [-0.25, -0.2) is 0 Å². The molecule has 0 saturated heterocycles. The van der Waals surface area contributed by atoms with Gasteiger partial charge in [-0.2, -0.15) is 0 Å². The fourth-order valence-corrected chi connectivity index (χ4v) is 1.42. The lowest BCUT2D eigenvalue weighted by Crippen LogP contribution is -2.30. The molecule has 2 unspecified atom stereocenters. The molecule has 0 aliphatic carbocycles. The van der Waals surface area contributed by atoms with E-state index in [1.807, 2.05) is 18.2 Å². The summed E-state index contributed by atoms with van der Waals surface area (Å²) in [6.45, 7) is 2.29. The van der Waals surface area contributed by atoms with Crippen LogP contribution in [0, 0.1) is 0 Å². The maximum Gasteiger partial charge on any atom is 0.176 e. The van der Waals surface area contributed by atoms with Gasteiger partial charge in [0.15, 0.2) is 5.78 Å². The number of hydrogen-bond donors (Lipinski definition) is 3. The largest absolute Gasteiger partial charge is 0.391 e. The maximum atomic E-state index is 11.6. The summed E-state index contributed by atoms with van der Waals surface area (Å²) in [5, 5.41) is 21.3. The Hall–Kier alpha value is -1.23. The van der Waals surface area contributed by atoms with Crippen LogP contribution in [-0.2, 0) is 0 Å². The second-order valence-electron chi connectivity index (χ2n) is 4.06. The SMILES string of the molecule is CC(O)C(O)CCNCC(=O)c1ccccc1. The van der Waals surface area contributed by atoms with Gasteiger partial charge < -0.3 is 15.5 Å². The third-order valence-electron chi connectivity index (χ3n) is 2.56. The summed E-state index contributed by atoms with van der Waals surface area (Å²) in [5.41, 5.74) is 0.677. The minimum Gasteiger partial charge on any atom is -0.391 e. The summed E-state index contributed by atoms with van der Waals surface area (Å²) < 4.78 is 0. The molecule has 17 heavy (non-hydrogen) atoms. The van der Waals surface area contributed by atoms with Gasteiger partial charge in [-0.1, -0.05) is 30.3 Å². The Bertz CT molecular complexity index is 338. The van der Waals surface area contributed by atoms with E-state index in [0.717, 1.165) is 0 Å². The van der Waals surface area contributed by atoms with Gasteiger partial charge in [-0.05, 0) is 19.9 Å². The van der Waals surface area contributed by atoms with Crippen molar-refractivity contribution in [3.8, 4) is 0 Å². The minimum atomic E-state index is -0.741. The van der Waals surface area contributed by atoms with Gasteiger partial charge in [-0.3, -0.25) is 4.79 Å². The summed E-state index contributed by atoms with van der Waals surface area (Å²) in [5.74, 6) is 0.0251. The molecule has 0 saturated carbocycles. The summed E-state index contributed by atoms with van der Waals surface area (Å²) in [6.07, 6.45) is -1.05. The molecule has 2 atom stereocenters. The number of aliphatic hydroxyl groups is 2. The Morgan fingerprint density at radius 1 is 1.29 bits per heavy atom. The van der Waals surface area contributed by atoms with Crippen LogP contribution in [0.3, 0.4) is 0 Å². The van der Waals surface area contributed by atoms with E-state index in [-0.39, 0.29) is 12.3 Å². The van der Waals surface area contributed by atoms with Gasteiger partial charge >= 0.3 is 0 Å². The molecule has 1 rings (SSSR count). The number of carbonyl (C=O) groups excluding carboxylic acids is 1. The second kappa shape index (κ2) is 7.17. The molecule has 0 amide bonds. The van der Waals surface area contributed by atoms with E-state index >= 15 is 0 Å². The van der Waals surface area contributed by atoms with Gasteiger partial charge in [0.25, 0.3) is 0 Å². The number of Topliss-reactive ketones (excluding diaryl/α,β-unsaturated/α-hetero) is 1. The maximum absolute atomic E-state index is 11.6. The van der Waals surface area contributed by atoms with Crippen molar-refractivity contribution in [2.75, 3.05) is 13.1 Å². The first-order valence-corrected chi connectivity index (χ1v) is 5.76. The molecule has 0 aromatic heterocycles. The predicted molar refractivity (Wildman–Crippen MR) is 65.9 cm³/mol. The van der Waals surface area contributed by atoms with Crippen molar-refractivity contribution in [3.63, 3.8) is 0 Å². The zero-order valence-corrected chi connectivity index (χ0v) is 9.97. The summed E-state index contributed by atoms with van der Waals surface area (Å²) in [7, 11) is 0. The number of ketones is 1. The van der Waals surface area contributed by atoms with Crippen LogP contribution in [0.5, 0.6) is 0 Å². The van der Waals surface area contributed by atoms with Crippen LogP contribution in [0.25, 0.3) is 0 Å². The van der Waals surface area contributed by atoms with Gasteiger partial charge in [0, 0.05) is 5.56 Å². The number of nitrogens with one attached hydrogen (secondary N) is 1. The van der Waals surface area contributed by atoms with E-state index in [9.17, 15) is 9.90 Å². The monoisotopic (exact) mass is 237 g/mol. The fraction of sp³-hybridized carbons (Fsp3) is 0.462. The zero-order valence-electron chi connectivity index (χ0n) is 9.97. The molecule has 0 aliphatic heterocycles. The number of benzene rings is 1. The highest BCUT2D eigenvalue weighted by Gasteiger charge is 2.10. The minimum absolute atomic E-state index is 0.0251. The van der Waals surface area contributed by atoms with E-state index in [1.165, 1.54) is 0 Å². The smallest absolute Gasteiger partial charge is 0.176 e. The normalized spacial score (nSPS) is 14.3. The molecular weight excluding hydrogens is 218 g/mol. The van der Waals surface area contributed by atoms with Gasteiger partial charge in [0.1, 0.15) is 0 Å². The lowest BCUT2D eigenvalue weighted by Gasteiger charge is -2.13. The average Bonchev–Trinajstić information content (AvgIpc) is 2.35. The molecule has 0 spiro atoms. The standard InChI is InChI=1S/C13H19NO3/c1-10(15)12(16)7-8-14-9-13(17)11-5-3-2-4-6-11/h2-6,10,12,14-16H,7-9H2,1H3. The summed E-state index contributed by atoms with van der Waals surface area (Å²) >= 11 is 0. The molecule has 1 aromatic carbocycles. The molecule has 3 N–H and O–H groups in total. The van der Waals surface area contributed by atoms with Crippen LogP contribution in [0.1, 0.15) is 23.7 Å². The number of rotatable bonds is 7. The van der Waals surface area contributed by atoms with E-state index in [0.29, 0.717) is 18.5 Å². The van der Waals surface area contributed by atoms with E-state index in [1.54, 1.807) is 19.1 Å². The Morgan fingerprint density at radius 2 is 1.94 bits per heavy atom. The van der Waals surface area contributed by atoms with Crippen molar-refractivity contribution in [1.82, 2.24) is 5.32 Å². The first kappa shape index (κ1) is 13.8. The quantitative estimate of drug-likeness (QED) is 0.479. The average molecular weight is 237 g/mol. The zero-order chi connectivity index (χ0) is 12.7. The highest BCUT2D eigenvalue weighted by Crippen LogP contribution is 1.99. The van der Waals surface area contributed by atoms with Gasteiger partial charge in [0.05, 0.1) is 18.8 Å². The van der Waals surface area contributed by atoms with Crippen LogP contribution in [0.2, 0.25) is 0 Å². The number of hydrogen-bond acceptors (Lipinski definition) is 4. The van der Waals surface area contributed by atoms with E-state index in [2.05, 4.69) is 5.32 Å². The Labute approximate surface area is 101 Å². The van der Waals surface area contributed by atoms with Crippen molar-refractivity contribution < 1.29 is 15.0 Å². The molecule has 4 heteroatoms. The van der Waals surface area contributed by atoms with Crippen molar-refractivity contribution in [2.45, 2.75) is 25.6 Å². The summed E-state index contributed by atoms with van der Waals surface area (Å²) in [4.78, 5) is 11.6. The first-order chi connectivity index (χ1) is 8.11. The third-order valence-corrected chi connectivity index (χ3v) is 2.56. The Morgan fingerprint density at radius 3 is 2.53 bits per heavy atom. The highest BCUT2D eigenvalue weighted by atomic mass is 16.3. The van der Waals surface area contributed by atoms with Crippen LogP contribution in [0.15, 0.2) is 30.3 Å².